The summed E-state index contributed by atoms with van der Waals surface area (Å²) in [6.07, 6.45) is 0.740. The lowest BCUT2D eigenvalue weighted by Gasteiger charge is -2.19. The maximum absolute atomic E-state index is 10.1. The third kappa shape index (κ3) is 1.68. The molecule has 0 saturated carbocycles. The van der Waals surface area contributed by atoms with Gasteiger partial charge in [0.05, 0.1) is 6.10 Å². The standard InChI is InChI=1S/C12H17NO/c1-13(2)8-10-7-9-5-3-4-6-11(9)12(10)14/h3-6,10,12,14H,7-8H2,1-2H3. The molecule has 0 heterocycles. The average Bonchev–Trinajstić information content (AvgIpc) is 2.44. The zero-order chi connectivity index (χ0) is 10.1. The number of aliphatic hydroxyl groups is 1. The zero-order valence-corrected chi connectivity index (χ0v) is 8.77. The van der Waals surface area contributed by atoms with Crippen LogP contribution in [0.3, 0.4) is 0 Å². The topological polar surface area (TPSA) is 23.5 Å². The fraction of sp³-hybridized carbons (Fsp3) is 0.500. The van der Waals surface area contributed by atoms with E-state index in [1.165, 1.54) is 5.56 Å². The van der Waals surface area contributed by atoms with Gasteiger partial charge in [-0.05, 0) is 31.6 Å². The van der Waals surface area contributed by atoms with Crippen LogP contribution in [0, 0.1) is 5.92 Å². The monoisotopic (exact) mass is 191 g/mol. The van der Waals surface area contributed by atoms with Gasteiger partial charge in [-0.15, -0.1) is 0 Å². The Bertz CT molecular complexity index is 322. The Hall–Kier alpha value is -0.860. The second kappa shape index (κ2) is 3.71. The number of fused-ring (bicyclic) bond motifs is 1. The van der Waals surface area contributed by atoms with Gasteiger partial charge in [-0.25, -0.2) is 0 Å². The molecule has 0 aromatic heterocycles. The van der Waals surface area contributed by atoms with Gasteiger partial charge in [0.25, 0.3) is 0 Å². The molecule has 0 spiro atoms. The molecule has 1 N–H and O–H groups in total. The zero-order valence-electron chi connectivity index (χ0n) is 8.77. The Morgan fingerprint density at radius 3 is 2.71 bits per heavy atom. The molecule has 14 heavy (non-hydrogen) atoms. The van der Waals surface area contributed by atoms with Crippen molar-refractivity contribution in [1.82, 2.24) is 4.90 Å². The Morgan fingerprint density at radius 2 is 2.07 bits per heavy atom. The number of hydrogen-bond acceptors (Lipinski definition) is 2. The van der Waals surface area contributed by atoms with Crippen molar-refractivity contribution in [3.63, 3.8) is 0 Å². The Kier molecular flexibility index (Phi) is 2.57. The van der Waals surface area contributed by atoms with E-state index in [0.717, 1.165) is 18.5 Å². The van der Waals surface area contributed by atoms with Crippen LogP contribution in [0.5, 0.6) is 0 Å². The van der Waals surface area contributed by atoms with E-state index < -0.39 is 0 Å². The lowest BCUT2D eigenvalue weighted by Crippen LogP contribution is -2.24. The summed E-state index contributed by atoms with van der Waals surface area (Å²) in [6, 6.07) is 8.20. The number of aliphatic hydroxyl groups excluding tert-OH is 1. The molecule has 0 radical (unpaired) electrons. The van der Waals surface area contributed by atoms with Crippen LogP contribution >= 0.6 is 0 Å². The summed E-state index contributed by atoms with van der Waals surface area (Å²) in [5.41, 5.74) is 2.44. The first-order valence-corrected chi connectivity index (χ1v) is 5.09. The minimum Gasteiger partial charge on any atom is -0.388 e. The maximum Gasteiger partial charge on any atom is 0.0836 e. The summed E-state index contributed by atoms with van der Waals surface area (Å²) >= 11 is 0. The van der Waals surface area contributed by atoms with Gasteiger partial charge >= 0.3 is 0 Å². The van der Waals surface area contributed by atoms with E-state index in [1.807, 2.05) is 18.2 Å². The van der Waals surface area contributed by atoms with Crippen molar-refractivity contribution < 1.29 is 5.11 Å². The summed E-state index contributed by atoms with van der Waals surface area (Å²) in [7, 11) is 4.10. The largest absolute Gasteiger partial charge is 0.388 e. The first-order chi connectivity index (χ1) is 6.68. The molecule has 2 nitrogen and oxygen atoms in total. The molecule has 0 aliphatic heterocycles. The summed E-state index contributed by atoms with van der Waals surface area (Å²) in [5, 5.41) is 10.1. The van der Waals surface area contributed by atoms with Gasteiger partial charge in [0.1, 0.15) is 0 Å². The first kappa shape index (κ1) is 9.69. The van der Waals surface area contributed by atoms with Gasteiger partial charge in [0, 0.05) is 12.5 Å². The van der Waals surface area contributed by atoms with E-state index in [1.54, 1.807) is 0 Å². The van der Waals surface area contributed by atoms with Gasteiger partial charge in [-0.1, -0.05) is 24.3 Å². The van der Waals surface area contributed by atoms with Crippen molar-refractivity contribution in [1.29, 1.82) is 0 Å². The van der Waals surface area contributed by atoms with Crippen LogP contribution < -0.4 is 0 Å². The normalized spacial score (nSPS) is 25.4. The van der Waals surface area contributed by atoms with Gasteiger partial charge in [0.2, 0.25) is 0 Å². The molecule has 76 valence electrons. The predicted molar refractivity (Wildman–Crippen MR) is 57.1 cm³/mol. The Morgan fingerprint density at radius 1 is 1.36 bits per heavy atom. The maximum atomic E-state index is 10.1. The molecule has 0 saturated heterocycles. The van der Waals surface area contributed by atoms with E-state index in [9.17, 15) is 5.11 Å². The third-order valence-corrected chi connectivity index (χ3v) is 2.90. The Balaban J connectivity index is 2.17. The molecule has 2 unspecified atom stereocenters. The Labute approximate surface area is 85.2 Å². The number of hydrogen-bond donors (Lipinski definition) is 1. The summed E-state index contributed by atoms with van der Waals surface area (Å²) < 4.78 is 0. The molecule has 1 aliphatic carbocycles. The van der Waals surface area contributed by atoms with E-state index >= 15 is 0 Å². The van der Waals surface area contributed by atoms with Gasteiger partial charge < -0.3 is 10.0 Å². The van der Waals surface area contributed by atoms with Gasteiger partial charge in [-0.3, -0.25) is 0 Å². The van der Waals surface area contributed by atoms with Crippen molar-refractivity contribution in [2.75, 3.05) is 20.6 Å². The van der Waals surface area contributed by atoms with Crippen molar-refractivity contribution in [2.24, 2.45) is 5.92 Å². The lowest BCUT2D eigenvalue weighted by molar-refractivity contribution is 0.105. The molecule has 2 rings (SSSR count). The van der Waals surface area contributed by atoms with Gasteiger partial charge in [0.15, 0.2) is 0 Å². The van der Waals surface area contributed by atoms with Crippen molar-refractivity contribution in [3.8, 4) is 0 Å². The van der Waals surface area contributed by atoms with Crippen LogP contribution in [0.1, 0.15) is 17.2 Å². The summed E-state index contributed by atoms with van der Waals surface area (Å²) in [4.78, 5) is 2.14. The van der Waals surface area contributed by atoms with E-state index in [-0.39, 0.29) is 6.10 Å². The minimum absolute atomic E-state index is 0.270. The molecule has 1 aliphatic rings. The first-order valence-electron chi connectivity index (χ1n) is 5.09. The van der Waals surface area contributed by atoms with Crippen LogP contribution in [0.2, 0.25) is 0 Å². The van der Waals surface area contributed by atoms with Crippen LogP contribution in [-0.2, 0) is 6.42 Å². The van der Waals surface area contributed by atoms with E-state index in [4.69, 9.17) is 0 Å². The average molecular weight is 191 g/mol. The fourth-order valence-electron chi connectivity index (χ4n) is 2.29. The summed E-state index contributed by atoms with van der Waals surface area (Å²) in [5.74, 6) is 0.363. The quantitative estimate of drug-likeness (QED) is 0.765. The summed E-state index contributed by atoms with van der Waals surface area (Å²) in [6.45, 7) is 0.954. The molecule has 2 atom stereocenters. The van der Waals surface area contributed by atoms with E-state index in [2.05, 4.69) is 25.1 Å². The molecule has 1 aromatic carbocycles. The number of nitrogens with zero attached hydrogens (tertiary/aromatic N) is 1. The third-order valence-electron chi connectivity index (χ3n) is 2.90. The molecular weight excluding hydrogens is 174 g/mol. The smallest absolute Gasteiger partial charge is 0.0836 e. The second-order valence-electron chi connectivity index (χ2n) is 4.37. The highest BCUT2D eigenvalue weighted by Gasteiger charge is 2.30. The molecule has 2 heteroatoms. The van der Waals surface area contributed by atoms with Crippen LogP contribution in [0.15, 0.2) is 24.3 Å². The highest BCUT2D eigenvalue weighted by Crippen LogP contribution is 2.35. The highest BCUT2D eigenvalue weighted by molar-refractivity contribution is 5.34. The number of benzene rings is 1. The molecular formula is C12H17NO. The molecule has 0 bridgehead atoms. The lowest BCUT2D eigenvalue weighted by atomic mass is 10.0. The minimum atomic E-state index is -0.270. The predicted octanol–water partition coefficient (Wildman–Crippen LogP) is 1.45. The number of rotatable bonds is 2. The van der Waals surface area contributed by atoms with E-state index in [0.29, 0.717) is 5.92 Å². The van der Waals surface area contributed by atoms with Crippen molar-refractivity contribution >= 4 is 0 Å². The fourth-order valence-corrected chi connectivity index (χ4v) is 2.29. The van der Waals surface area contributed by atoms with Crippen LogP contribution in [0.4, 0.5) is 0 Å². The molecule has 1 aromatic rings. The van der Waals surface area contributed by atoms with Crippen molar-refractivity contribution in [3.05, 3.63) is 35.4 Å². The van der Waals surface area contributed by atoms with Crippen LogP contribution in [0.25, 0.3) is 0 Å². The highest BCUT2D eigenvalue weighted by atomic mass is 16.3. The molecule has 0 amide bonds. The second-order valence-corrected chi connectivity index (χ2v) is 4.37. The SMILES string of the molecule is CN(C)CC1Cc2ccccc2C1O. The van der Waals surface area contributed by atoms with Crippen molar-refractivity contribution in [2.45, 2.75) is 12.5 Å². The molecule has 0 fully saturated rings. The van der Waals surface area contributed by atoms with Crippen LogP contribution in [-0.4, -0.2) is 30.6 Å². The van der Waals surface area contributed by atoms with Gasteiger partial charge in [-0.2, -0.15) is 0 Å².